The molecule has 15 heavy (non-hydrogen) atoms. The Balaban J connectivity index is 2.12. The molecule has 1 aliphatic rings. The third kappa shape index (κ3) is 5.57. The van der Waals surface area contributed by atoms with Crippen molar-refractivity contribution in [3.63, 3.8) is 0 Å². The van der Waals surface area contributed by atoms with Crippen LogP contribution in [-0.2, 0) is 0 Å². The highest BCUT2D eigenvalue weighted by atomic mass is 15.0. The van der Waals surface area contributed by atoms with Crippen molar-refractivity contribution in [1.82, 2.24) is 10.6 Å². The van der Waals surface area contributed by atoms with E-state index < -0.39 is 0 Å². The first kappa shape index (κ1) is 12.2. The Morgan fingerprint density at radius 3 is 3.07 bits per heavy atom. The van der Waals surface area contributed by atoms with E-state index in [0.29, 0.717) is 5.92 Å². The van der Waals surface area contributed by atoms with Gasteiger partial charge in [0.1, 0.15) is 5.84 Å². The van der Waals surface area contributed by atoms with Crippen LogP contribution in [0.1, 0.15) is 26.7 Å². The van der Waals surface area contributed by atoms with E-state index >= 15 is 0 Å². The maximum Gasteiger partial charge on any atom is 0.100 e. The smallest absolute Gasteiger partial charge is 0.100 e. The molecule has 1 rings (SSSR count). The summed E-state index contributed by atoms with van der Waals surface area (Å²) in [5.41, 5.74) is 0. The Morgan fingerprint density at radius 2 is 2.27 bits per heavy atom. The molecule has 86 valence electrons. The minimum Gasteiger partial charge on any atom is -0.372 e. The molecule has 0 aliphatic carbocycles. The van der Waals surface area contributed by atoms with Gasteiger partial charge >= 0.3 is 0 Å². The first-order valence-corrected chi connectivity index (χ1v) is 5.97. The number of nitrogens with zero attached hydrogens (tertiary/aromatic N) is 1. The van der Waals surface area contributed by atoms with Crippen LogP contribution in [0.4, 0.5) is 0 Å². The molecule has 2 N–H and O–H groups in total. The molecule has 1 heterocycles. The lowest BCUT2D eigenvalue weighted by Gasteiger charge is -2.08. The molecule has 0 amide bonds. The minimum absolute atomic E-state index is 0.586. The van der Waals surface area contributed by atoms with Crippen molar-refractivity contribution >= 4 is 5.84 Å². The van der Waals surface area contributed by atoms with E-state index in [4.69, 9.17) is 0 Å². The van der Waals surface area contributed by atoms with Gasteiger partial charge < -0.3 is 10.6 Å². The van der Waals surface area contributed by atoms with Crippen molar-refractivity contribution in [2.45, 2.75) is 26.7 Å². The summed E-state index contributed by atoms with van der Waals surface area (Å²) < 4.78 is 0. The largest absolute Gasteiger partial charge is 0.372 e. The molecule has 0 radical (unpaired) electrons. The van der Waals surface area contributed by atoms with Crippen LogP contribution >= 0.6 is 0 Å². The zero-order chi connectivity index (χ0) is 10.9. The van der Waals surface area contributed by atoms with Gasteiger partial charge in [0.15, 0.2) is 0 Å². The summed E-state index contributed by atoms with van der Waals surface area (Å²) in [4.78, 5) is 4.54. The van der Waals surface area contributed by atoms with E-state index in [2.05, 4.69) is 41.6 Å². The van der Waals surface area contributed by atoms with Crippen LogP contribution in [0.3, 0.4) is 0 Å². The molecule has 1 unspecified atom stereocenters. The lowest BCUT2D eigenvalue weighted by atomic mass is 10.2. The van der Waals surface area contributed by atoms with Crippen LogP contribution in [0.5, 0.6) is 0 Å². The van der Waals surface area contributed by atoms with Gasteiger partial charge in [-0.15, -0.1) is 0 Å². The molecule has 0 bridgehead atoms. The number of hydrogen-bond donors (Lipinski definition) is 2. The van der Waals surface area contributed by atoms with Gasteiger partial charge in [-0.25, -0.2) is 0 Å². The van der Waals surface area contributed by atoms with Crippen LogP contribution in [0.2, 0.25) is 0 Å². The van der Waals surface area contributed by atoms with Crippen molar-refractivity contribution in [2.75, 3.05) is 26.2 Å². The molecular weight excluding hydrogens is 186 g/mol. The number of hydrogen-bond acceptors (Lipinski definition) is 3. The van der Waals surface area contributed by atoms with E-state index in [1.54, 1.807) is 0 Å². The van der Waals surface area contributed by atoms with Gasteiger partial charge in [-0.2, -0.15) is 0 Å². The van der Waals surface area contributed by atoms with Crippen molar-refractivity contribution in [1.29, 1.82) is 0 Å². The standard InChI is InChI=1S/C12H23N3/c1-3-7-13-8-9-14-12-6-4-5-11(2)10-15-12/h4-5,11,13H,3,6-10H2,1-2H3,(H,14,15). The zero-order valence-corrected chi connectivity index (χ0v) is 9.92. The Morgan fingerprint density at radius 1 is 1.40 bits per heavy atom. The molecule has 0 saturated heterocycles. The highest BCUT2D eigenvalue weighted by Crippen LogP contribution is 2.04. The van der Waals surface area contributed by atoms with Crippen LogP contribution < -0.4 is 10.6 Å². The van der Waals surface area contributed by atoms with Gasteiger partial charge in [-0.3, -0.25) is 4.99 Å². The number of rotatable bonds is 5. The number of nitrogens with one attached hydrogen (secondary N) is 2. The summed E-state index contributed by atoms with van der Waals surface area (Å²) in [6.07, 6.45) is 6.61. The average Bonchev–Trinajstić information content (AvgIpc) is 2.43. The van der Waals surface area contributed by atoms with E-state index in [1.807, 2.05) is 0 Å². The molecule has 0 aromatic heterocycles. The molecule has 1 aliphatic heterocycles. The molecule has 1 atom stereocenters. The van der Waals surface area contributed by atoms with Crippen LogP contribution in [-0.4, -0.2) is 32.0 Å². The van der Waals surface area contributed by atoms with Gasteiger partial charge in [0.05, 0.1) is 0 Å². The second-order valence-corrected chi connectivity index (χ2v) is 4.07. The molecule has 0 aromatic rings. The minimum atomic E-state index is 0.586. The topological polar surface area (TPSA) is 36.4 Å². The fourth-order valence-corrected chi connectivity index (χ4v) is 1.52. The predicted octanol–water partition coefficient (Wildman–Crippen LogP) is 1.57. The van der Waals surface area contributed by atoms with Crippen LogP contribution in [0.15, 0.2) is 17.1 Å². The lowest BCUT2D eigenvalue weighted by molar-refractivity contribution is 0.656. The Kier molecular flexibility index (Phi) is 6.09. The first-order chi connectivity index (χ1) is 7.33. The Labute approximate surface area is 93.1 Å². The highest BCUT2D eigenvalue weighted by molar-refractivity contribution is 5.83. The third-order valence-corrected chi connectivity index (χ3v) is 2.40. The van der Waals surface area contributed by atoms with Gasteiger partial charge in [-0.1, -0.05) is 26.0 Å². The maximum atomic E-state index is 4.54. The number of amidine groups is 1. The van der Waals surface area contributed by atoms with Crippen LogP contribution in [0, 0.1) is 5.92 Å². The molecule has 0 fully saturated rings. The first-order valence-electron chi connectivity index (χ1n) is 5.97. The Bertz CT molecular complexity index is 221. The monoisotopic (exact) mass is 209 g/mol. The highest BCUT2D eigenvalue weighted by Gasteiger charge is 2.03. The fourth-order valence-electron chi connectivity index (χ4n) is 1.52. The van der Waals surface area contributed by atoms with E-state index in [1.165, 1.54) is 6.42 Å². The van der Waals surface area contributed by atoms with Crippen molar-refractivity contribution < 1.29 is 0 Å². The summed E-state index contributed by atoms with van der Waals surface area (Å²) >= 11 is 0. The Hall–Kier alpha value is -0.830. The second kappa shape index (κ2) is 7.46. The lowest BCUT2D eigenvalue weighted by Crippen LogP contribution is -2.32. The molecular formula is C12H23N3. The summed E-state index contributed by atoms with van der Waals surface area (Å²) in [6, 6.07) is 0. The van der Waals surface area contributed by atoms with E-state index in [-0.39, 0.29) is 0 Å². The number of aliphatic imine (C=N–C) groups is 1. The van der Waals surface area contributed by atoms with Crippen LogP contribution in [0.25, 0.3) is 0 Å². The molecule has 3 heteroatoms. The van der Waals surface area contributed by atoms with Gasteiger partial charge in [0.25, 0.3) is 0 Å². The average molecular weight is 209 g/mol. The normalized spacial score (nSPS) is 20.9. The maximum absolute atomic E-state index is 4.54. The van der Waals surface area contributed by atoms with Gasteiger partial charge in [-0.05, 0) is 18.9 Å². The predicted molar refractivity (Wildman–Crippen MR) is 66.4 cm³/mol. The van der Waals surface area contributed by atoms with Crippen molar-refractivity contribution in [2.24, 2.45) is 10.9 Å². The summed E-state index contributed by atoms with van der Waals surface area (Å²) in [7, 11) is 0. The van der Waals surface area contributed by atoms with Crippen molar-refractivity contribution in [3.05, 3.63) is 12.2 Å². The van der Waals surface area contributed by atoms with E-state index in [0.717, 1.165) is 38.4 Å². The molecule has 3 nitrogen and oxygen atoms in total. The zero-order valence-electron chi connectivity index (χ0n) is 9.92. The van der Waals surface area contributed by atoms with Gasteiger partial charge in [0.2, 0.25) is 0 Å². The summed E-state index contributed by atoms with van der Waals surface area (Å²) in [5.74, 6) is 1.72. The van der Waals surface area contributed by atoms with Crippen molar-refractivity contribution in [3.8, 4) is 0 Å². The second-order valence-electron chi connectivity index (χ2n) is 4.07. The third-order valence-electron chi connectivity index (χ3n) is 2.40. The SMILES string of the molecule is CCCNCCNC1=NCC(C)C=CC1. The van der Waals surface area contributed by atoms with E-state index in [9.17, 15) is 0 Å². The molecule has 0 saturated carbocycles. The fraction of sp³-hybridized carbons (Fsp3) is 0.750. The molecule has 0 spiro atoms. The molecule has 0 aromatic carbocycles. The summed E-state index contributed by atoms with van der Waals surface area (Å²) in [6.45, 7) is 8.40. The van der Waals surface area contributed by atoms with Gasteiger partial charge in [0, 0.05) is 26.1 Å². The quantitative estimate of drug-likeness (QED) is 0.532. The summed E-state index contributed by atoms with van der Waals surface area (Å²) in [5, 5.41) is 6.74.